The number of nitrogens with zero attached hydrogens (tertiary/aromatic N) is 2. The summed E-state index contributed by atoms with van der Waals surface area (Å²) in [7, 11) is 1.99. The molecular formula is C11H21N3O. The van der Waals surface area contributed by atoms with Crippen LogP contribution in [0.2, 0.25) is 0 Å². The zero-order valence-electron chi connectivity index (χ0n) is 9.54. The van der Waals surface area contributed by atoms with Crippen molar-refractivity contribution >= 4 is 5.91 Å². The van der Waals surface area contributed by atoms with Gasteiger partial charge in [-0.1, -0.05) is 0 Å². The van der Waals surface area contributed by atoms with Crippen LogP contribution < -0.4 is 5.32 Å². The predicted molar refractivity (Wildman–Crippen MR) is 59.7 cm³/mol. The molecular weight excluding hydrogens is 190 g/mol. The van der Waals surface area contributed by atoms with Crippen molar-refractivity contribution in [2.45, 2.75) is 25.3 Å². The average Bonchev–Trinajstić information content (AvgIpc) is 2.61. The van der Waals surface area contributed by atoms with Gasteiger partial charge in [0, 0.05) is 32.1 Å². The second-order valence-electron chi connectivity index (χ2n) is 4.54. The van der Waals surface area contributed by atoms with Crippen LogP contribution in [0, 0.1) is 0 Å². The third-order valence-corrected chi connectivity index (χ3v) is 3.48. The van der Waals surface area contributed by atoms with Crippen LogP contribution in [-0.4, -0.2) is 61.5 Å². The van der Waals surface area contributed by atoms with Crippen LogP contribution in [0.15, 0.2) is 0 Å². The number of carbonyl (C=O) groups is 1. The normalized spacial score (nSPS) is 27.1. The van der Waals surface area contributed by atoms with E-state index in [1.807, 2.05) is 7.05 Å². The maximum absolute atomic E-state index is 11.5. The van der Waals surface area contributed by atoms with Crippen LogP contribution >= 0.6 is 0 Å². The first kappa shape index (κ1) is 10.9. The van der Waals surface area contributed by atoms with Crippen LogP contribution in [0.3, 0.4) is 0 Å². The molecule has 86 valence electrons. The Balaban J connectivity index is 1.75. The molecule has 2 aliphatic heterocycles. The summed E-state index contributed by atoms with van der Waals surface area (Å²) in [4.78, 5) is 16.0. The number of hydrogen-bond acceptors (Lipinski definition) is 3. The van der Waals surface area contributed by atoms with Crippen molar-refractivity contribution in [1.82, 2.24) is 15.1 Å². The van der Waals surface area contributed by atoms with E-state index in [1.165, 1.54) is 13.0 Å². The summed E-state index contributed by atoms with van der Waals surface area (Å²) in [5.74, 6) is 0.370. The van der Waals surface area contributed by atoms with E-state index >= 15 is 0 Å². The fraction of sp³-hybridized carbons (Fsp3) is 0.909. The van der Waals surface area contributed by atoms with Gasteiger partial charge in [-0.25, -0.2) is 0 Å². The minimum atomic E-state index is 0.370. The number of piperazine rings is 1. The largest absolute Gasteiger partial charge is 0.337 e. The second kappa shape index (κ2) is 4.94. The lowest BCUT2D eigenvalue weighted by atomic mass is 10.1. The molecule has 2 saturated heterocycles. The first-order valence-electron chi connectivity index (χ1n) is 5.97. The fourth-order valence-electron chi connectivity index (χ4n) is 2.61. The highest BCUT2D eigenvalue weighted by Gasteiger charge is 2.34. The van der Waals surface area contributed by atoms with E-state index < -0.39 is 0 Å². The Bertz CT molecular complexity index is 232. The molecule has 2 fully saturated rings. The smallest absolute Gasteiger partial charge is 0.222 e. The number of nitrogens with one attached hydrogen (secondary N) is 1. The van der Waals surface area contributed by atoms with Crippen LogP contribution in [0.25, 0.3) is 0 Å². The third-order valence-electron chi connectivity index (χ3n) is 3.48. The second-order valence-corrected chi connectivity index (χ2v) is 4.54. The summed E-state index contributed by atoms with van der Waals surface area (Å²) in [5.41, 5.74) is 0. The summed E-state index contributed by atoms with van der Waals surface area (Å²) in [6.07, 6.45) is 3.05. The van der Waals surface area contributed by atoms with Crippen LogP contribution in [0.4, 0.5) is 0 Å². The van der Waals surface area contributed by atoms with Gasteiger partial charge in [0.1, 0.15) is 0 Å². The van der Waals surface area contributed by atoms with E-state index in [-0.39, 0.29) is 0 Å². The SMILES string of the molecule is CNCCCN1CCN2C(=O)CCC2C1. The van der Waals surface area contributed by atoms with Gasteiger partial charge in [0.25, 0.3) is 0 Å². The molecule has 2 rings (SSSR count). The predicted octanol–water partition coefficient (Wildman–Crippen LogP) is -0.0975. The molecule has 2 aliphatic rings. The highest BCUT2D eigenvalue weighted by molar-refractivity contribution is 5.78. The van der Waals surface area contributed by atoms with E-state index in [2.05, 4.69) is 15.1 Å². The number of carbonyl (C=O) groups excluding carboxylic acids is 1. The molecule has 4 nitrogen and oxygen atoms in total. The third kappa shape index (κ3) is 2.49. The molecule has 0 saturated carbocycles. The van der Waals surface area contributed by atoms with Crippen molar-refractivity contribution in [3.63, 3.8) is 0 Å². The minimum Gasteiger partial charge on any atom is -0.337 e. The fourth-order valence-corrected chi connectivity index (χ4v) is 2.61. The maximum Gasteiger partial charge on any atom is 0.222 e. The van der Waals surface area contributed by atoms with Gasteiger partial charge in [-0.05, 0) is 33.0 Å². The van der Waals surface area contributed by atoms with Crippen molar-refractivity contribution < 1.29 is 4.79 Å². The zero-order valence-corrected chi connectivity index (χ0v) is 9.54. The lowest BCUT2D eigenvalue weighted by Gasteiger charge is -2.37. The summed E-state index contributed by atoms with van der Waals surface area (Å²) < 4.78 is 0. The standard InChI is InChI=1S/C11H21N3O/c1-12-5-2-6-13-7-8-14-10(9-13)3-4-11(14)15/h10,12H,2-9H2,1H3. The van der Waals surface area contributed by atoms with Crippen LogP contribution in [0.1, 0.15) is 19.3 Å². The number of amides is 1. The summed E-state index contributed by atoms with van der Waals surface area (Å²) in [5, 5.41) is 3.17. The van der Waals surface area contributed by atoms with Crippen molar-refractivity contribution in [2.24, 2.45) is 0 Å². The maximum atomic E-state index is 11.5. The summed E-state index contributed by atoms with van der Waals surface area (Å²) >= 11 is 0. The monoisotopic (exact) mass is 211 g/mol. The molecule has 1 N–H and O–H groups in total. The van der Waals surface area contributed by atoms with Crippen LogP contribution in [-0.2, 0) is 4.79 Å². The number of fused-ring (bicyclic) bond motifs is 1. The molecule has 0 spiro atoms. The molecule has 0 aromatic rings. The number of hydrogen-bond donors (Lipinski definition) is 1. The van der Waals surface area contributed by atoms with Gasteiger partial charge < -0.3 is 10.2 Å². The molecule has 1 unspecified atom stereocenters. The highest BCUT2D eigenvalue weighted by Crippen LogP contribution is 2.22. The number of rotatable bonds is 4. The van der Waals surface area contributed by atoms with Gasteiger partial charge >= 0.3 is 0 Å². The molecule has 0 aromatic heterocycles. The van der Waals surface area contributed by atoms with Crippen LogP contribution in [0.5, 0.6) is 0 Å². The average molecular weight is 211 g/mol. The Hall–Kier alpha value is -0.610. The Labute approximate surface area is 91.6 Å². The first-order valence-corrected chi connectivity index (χ1v) is 5.97. The quantitative estimate of drug-likeness (QED) is 0.660. The molecule has 0 bridgehead atoms. The highest BCUT2D eigenvalue weighted by atomic mass is 16.2. The van der Waals surface area contributed by atoms with Crippen molar-refractivity contribution in [2.75, 3.05) is 39.8 Å². The van der Waals surface area contributed by atoms with E-state index in [4.69, 9.17) is 0 Å². The Morgan fingerprint density at radius 2 is 2.33 bits per heavy atom. The first-order chi connectivity index (χ1) is 7.31. The Morgan fingerprint density at radius 3 is 3.13 bits per heavy atom. The van der Waals surface area contributed by atoms with Gasteiger partial charge in [0.05, 0.1) is 0 Å². The topological polar surface area (TPSA) is 35.6 Å². The molecule has 1 atom stereocenters. The van der Waals surface area contributed by atoms with E-state index in [0.717, 1.165) is 39.0 Å². The van der Waals surface area contributed by atoms with E-state index in [9.17, 15) is 4.79 Å². The lowest BCUT2D eigenvalue weighted by Crippen LogP contribution is -2.51. The summed E-state index contributed by atoms with van der Waals surface area (Å²) in [6.45, 7) is 5.35. The molecule has 0 aromatic carbocycles. The Kier molecular flexibility index (Phi) is 3.59. The van der Waals surface area contributed by atoms with E-state index in [1.54, 1.807) is 0 Å². The van der Waals surface area contributed by atoms with Gasteiger partial charge in [0.15, 0.2) is 0 Å². The molecule has 4 heteroatoms. The molecule has 0 radical (unpaired) electrons. The van der Waals surface area contributed by atoms with Gasteiger partial charge in [-0.3, -0.25) is 9.69 Å². The minimum absolute atomic E-state index is 0.370. The lowest BCUT2D eigenvalue weighted by molar-refractivity contribution is -0.130. The Morgan fingerprint density at radius 1 is 1.47 bits per heavy atom. The van der Waals surface area contributed by atoms with Crippen molar-refractivity contribution in [1.29, 1.82) is 0 Å². The molecule has 0 aliphatic carbocycles. The summed E-state index contributed by atoms with van der Waals surface area (Å²) in [6, 6.07) is 0.515. The van der Waals surface area contributed by atoms with Gasteiger partial charge in [-0.2, -0.15) is 0 Å². The molecule has 15 heavy (non-hydrogen) atoms. The van der Waals surface area contributed by atoms with Gasteiger partial charge in [-0.15, -0.1) is 0 Å². The van der Waals surface area contributed by atoms with Crippen molar-refractivity contribution in [3.05, 3.63) is 0 Å². The molecule has 1 amide bonds. The molecule has 2 heterocycles. The zero-order chi connectivity index (χ0) is 10.7. The van der Waals surface area contributed by atoms with Gasteiger partial charge in [0.2, 0.25) is 5.91 Å². The van der Waals surface area contributed by atoms with Crippen molar-refractivity contribution in [3.8, 4) is 0 Å². The van der Waals surface area contributed by atoms with E-state index in [0.29, 0.717) is 11.9 Å².